The van der Waals surface area contributed by atoms with Gasteiger partial charge in [0, 0.05) is 4.88 Å². The van der Waals surface area contributed by atoms with Crippen LogP contribution in [0.4, 0.5) is 0 Å². The lowest BCUT2D eigenvalue weighted by Crippen LogP contribution is -2.10. The highest BCUT2D eigenvalue weighted by molar-refractivity contribution is 7.10. The highest BCUT2D eigenvalue weighted by Gasteiger charge is 2.13. The summed E-state index contributed by atoms with van der Waals surface area (Å²) < 4.78 is 0. The molecule has 1 aromatic carbocycles. The van der Waals surface area contributed by atoms with E-state index in [2.05, 4.69) is 31.2 Å². The molecule has 0 saturated carbocycles. The van der Waals surface area contributed by atoms with E-state index in [-0.39, 0.29) is 6.04 Å². The van der Waals surface area contributed by atoms with Crippen molar-refractivity contribution in [3.63, 3.8) is 0 Å². The molecule has 0 aliphatic carbocycles. The van der Waals surface area contributed by atoms with Crippen molar-refractivity contribution < 1.29 is 0 Å². The molecule has 0 saturated heterocycles. The lowest BCUT2D eigenvalue weighted by molar-refractivity contribution is 0.883. The number of aryl methyl sites for hydroxylation is 1. The Labute approximate surface area is 111 Å². The van der Waals surface area contributed by atoms with Crippen LogP contribution in [-0.2, 0) is 6.42 Å². The van der Waals surface area contributed by atoms with Gasteiger partial charge in [-0.1, -0.05) is 49.2 Å². The van der Waals surface area contributed by atoms with Gasteiger partial charge in [0.25, 0.3) is 0 Å². The van der Waals surface area contributed by atoms with Crippen LogP contribution in [0.3, 0.4) is 0 Å². The normalized spacial score (nSPS) is 12.6. The fourth-order valence-corrected chi connectivity index (χ4v) is 3.06. The summed E-state index contributed by atoms with van der Waals surface area (Å²) in [5, 5.41) is 2.74. The number of halogens is 1. The Hall–Kier alpha value is -0.830. The number of benzene rings is 1. The first-order valence-corrected chi connectivity index (χ1v) is 7.05. The Bertz CT molecular complexity index is 475. The average Bonchev–Trinajstić information content (AvgIpc) is 2.76. The second-order valence-corrected chi connectivity index (χ2v) is 5.46. The van der Waals surface area contributed by atoms with Crippen LogP contribution in [0.15, 0.2) is 35.7 Å². The third-order valence-electron chi connectivity index (χ3n) is 2.80. The van der Waals surface area contributed by atoms with Crippen molar-refractivity contribution in [1.82, 2.24) is 0 Å². The van der Waals surface area contributed by atoms with Crippen LogP contribution in [0.5, 0.6) is 0 Å². The molecule has 2 aromatic rings. The van der Waals surface area contributed by atoms with Crippen molar-refractivity contribution in [1.29, 1.82) is 0 Å². The third-order valence-corrected chi connectivity index (χ3v) is 4.25. The molecular weight excluding hydrogens is 250 g/mol. The maximum absolute atomic E-state index is 6.21. The molecule has 0 aliphatic rings. The van der Waals surface area contributed by atoms with Crippen LogP contribution < -0.4 is 5.73 Å². The van der Waals surface area contributed by atoms with Crippen molar-refractivity contribution in [3.8, 4) is 0 Å². The quantitative estimate of drug-likeness (QED) is 0.871. The molecule has 1 atom stereocenters. The van der Waals surface area contributed by atoms with Crippen LogP contribution in [0.25, 0.3) is 0 Å². The van der Waals surface area contributed by atoms with Gasteiger partial charge in [-0.05, 0) is 29.0 Å². The molecule has 1 aromatic heterocycles. The number of thiophene rings is 1. The summed E-state index contributed by atoms with van der Waals surface area (Å²) in [6.07, 6.45) is 2.29. The van der Waals surface area contributed by atoms with Gasteiger partial charge in [0.1, 0.15) is 0 Å². The first kappa shape index (κ1) is 12.6. The summed E-state index contributed by atoms with van der Waals surface area (Å²) in [6, 6.07) is 10.3. The number of hydrogen-bond donors (Lipinski definition) is 1. The smallest absolute Gasteiger partial charge is 0.0661 e. The molecular formula is C14H16ClNS. The lowest BCUT2D eigenvalue weighted by Gasteiger charge is -2.11. The molecule has 3 heteroatoms. The van der Waals surface area contributed by atoms with E-state index < -0.39 is 0 Å². The van der Waals surface area contributed by atoms with E-state index in [0.29, 0.717) is 0 Å². The Morgan fingerprint density at radius 3 is 2.47 bits per heavy atom. The summed E-state index contributed by atoms with van der Waals surface area (Å²) in [4.78, 5) is 1.04. The van der Waals surface area contributed by atoms with E-state index in [1.807, 2.05) is 11.4 Å². The second kappa shape index (κ2) is 5.67. The largest absolute Gasteiger partial charge is 0.320 e. The van der Waals surface area contributed by atoms with E-state index in [9.17, 15) is 0 Å². The van der Waals surface area contributed by atoms with Crippen molar-refractivity contribution >= 4 is 22.9 Å². The molecule has 0 aliphatic heterocycles. The molecule has 0 radical (unpaired) electrons. The van der Waals surface area contributed by atoms with Gasteiger partial charge in [-0.2, -0.15) is 0 Å². The average molecular weight is 266 g/mol. The van der Waals surface area contributed by atoms with Gasteiger partial charge in [0.2, 0.25) is 0 Å². The Morgan fingerprint density at radius 1 is 1.24 bits per heavy atom. The van der Waals surface area contributed by atoms with E-state index in [0.717, 1.165) is 21.9 Å². The maximum atomic E-state index is 6.21. The standard InChI is InChI=1S/C14H16ClNS/c1-2-3-10-4-6-11(7-5-10)13(16)14-12(15)8-9-17-14/h4-9,13H,2-3,16H2,1H3. The first-order valence-electron chi connectivity index (χ1n) is 5.79. The zero-order chi connectivity index (χ0) is 12.3. The second-order valence-electron chi connectivity index (χ2n) is 4.10. The molecule has 0 amide bonds. The van der Waals surface area contributed by atoms with Crippen LogP contribution in [-0.4, -0.2) is 0 Å². The van der Waals surface area contributed by atoms with Crippen molar-refractivity contribution in [2.24, 2.45) is 5.73 Å². The van der Waals surface area contributed by atoms with Crippen molar-refractivity contribution in [2.75, 3.05) is 0 Å². The first-order chi connectivity index (χ1) is 8.22. The van der Waals surface area contributed by atoms with Crippen LogP contribution in [0.1, 0.15) is 35.4 Å². The van der Waals surface area contributed by atoms with Crippen molar-refractivity contribution in [2.45, 2.75) is 25.8 Å². The summed E-state index contributed by atoms with van der Waals surface area (Å²) >= 11 is 7.71. The molecule has 17 heavy (non-hydrogen) atoms. The van der Waals surface area contributed by atoms with Gasteiger partial charge < -0.3 is 5.73 Å². The topological polar surface area (TPSA) is 26.0 Å². The summed E-state index contributed by atoms with van der Waals surface area (Å²) in [6.45, 7) is 2.19. The highest BCUT2D eigenvalue weighted by atomic mass is 35.5. The van der Waals surface area contributed by atoms with Crippen molar-refractivity contribution in [3.05, 3.63) is 56.7 Å². The highest BCUT2D eigenvalue weighted by Crippen LogP contribution is 2.31. The maximum Gasteiger partial charge on any atom is 0.0661 e. The Kier molecular flexibility index (Phi) is 4.21. The fourth-order valence-electron chi connectivity index (χ4n) is 1.86. The summed E-state index contributed by atoms with van der Waals surface area (Å²) in [5.74, 6) is 0. The molecule has 1 nitrogen and oxygen atoms in total. The number of hydrogen-bond acceptors (Lipinski definition) is 2. The Morgan fingerprint density at radius 2 is 1.94 bits per heavy atom. The molecule has 90 valence electrons. The predicted octanol–water partition coefficient (Wildman–Crippen LogP) is 4.40. The van der Waals surface area contributed by atoms with Gasteiger partial charge in [-0.25, -0.2) is 0 Å². The van der Waals surface area contributed by atoms with Gasteiger partial charge >= 0.3 is 0 Å². The summed E-state index contributed by atoms with van der Waals surface area (Å²) in [5.41, 5.74) is 8.69. The minimum Gasteiger partial charge on any atom is -0.320 e. The fraction of sp³-hybridized carbons (Fsp3) is 0.286. The molecule has 0 bridgehead atoms. The van der Waals surface area contributed by atoms with Gasteiger partial charge in [0.05, 0.1) is 11.1 Å². The van der Waals surface area contributed by atoms with E-state index in [1.165, 1.54) is 12.0 Å². The SMILES string of the molecule is CCCc1ccc(C(N)c2sccc2Cl)cc1. The van der Waals surface area contributed by atoms with E-state index in [1.54, 1.807) is 11.3 Å². The Balaban J connectivity index is 2.20. The van der Waals surface area contributed by atoms with Crippen LogP contribution in [0.2, 0.25) is 5.02 Å². The molecule has 2 N–H and O–H groups in total. The molecule has 0 spiro atoms. The number of rotatable bonds is 4. The van der Waals surface area contributed by atoms with Gasteiger partial charge in [0.15, 0.2) is 0 Å². The molecule has 1 heterocycles. The molecule has 0 fully saturated rings. The zero-order valence-corrected chi connectivity index (χ0v) is 11.4. The lowest BCUT2D eigenvalue weighted by atomic mass is 10.0. The summed E-state index contributed by atoms with van der Waals surface area (Å²) in [7, 11) is 0. The third kappa shape index (κ3) is 2.89. The predicted molar refractivity (Wildman–Crippen MR) is 75.8 cm³/mol. The van der Waals surface area contributed by atoms with Gasteiger partial charge in [-0.3, -0.25) is 0 Å². The van der Waals surface area contributed by atoms with Crippen LogP contribution >= 0.6 is 22.9 Å². The minimum absolute atomic E-state index is 0.113. The minimum atomic E-state index is -0.113. The van der Waals surface area contributed by atoms with E-state index >= 15 is 0 Å². The molecule has 2 rings (SSSR count). The van der Waals surface area contributed by atoms with E-state index in [4.69, 9.17) is 17.3 Å². The van der Waals surface area contributed by atoms with Crippen LogP contribution in [0, 0.1) is 0 Å². The zero-order valence-electron chi connectivity index (χ0n) is 9.82. The molecule has 1 unspecified atom stereocenters. The van der Waals surface area contributed by atoms with Gasteiger partial charge in [-0.15, -0.1) is 11.3 Å². The monoisotopic (exact) mass is 265 g/mol. The number of nitrogens with two attached hydrogens (primary N) is 1.